The number of aryl methyl sites for hydroxylation is 2. The SMILES string of the molecule is FCCCN1CC[C@H](Cc2ccc(CCc3ccccc3)cc2)C1. The summed E-state index contributed by atoms with van der Waals surface area (Å²) >= 11 is 0. The topological polar surface area (TPSA) is 3.24 Å². The number of benzene rings is 2. The van der Waals surface area contributed by atoms with Gasteiger partial charge in [0.25, 0.3) is 0 Å². The number of halogens is 1. The number of alkyl halides is 1. The van der Waals surface area contributed by atoms with Crippen molar-refractivity contribution in [2.75, 3.05) is 26.3 Å². The molecule has 1 fully saturated rings. The average Bonchev–Trinajstić information content (AvgIpc) is 3.07. The number of hydrogen-bond donors (Lipinski definition) is 0. The van der Waals surface area contributed by atoms with Gasteiger partial charge in [-0.1, -0.05) is 54.6 Å². The zero-order valence-corrected chi connectivity index (χ0v) is 14.5. The number of nitrogens with zero attached hydrogens (tertiary/aromatic N) is 1. The van der Waals surface area contributed by atoms with E-state index < -0.39 is 0 Å². The van der Waals surface area contributed by atoms with Crippen molar-refractivity contribution in [2.24, 2.45) is 5.92 Å². The molecule has 128 valence electrons. The van der Waals surface area contributed by atoms with Crippen LogP contribution in [0.5, 0.6) is 0 Å². The molecule has 0 amide bonds. The van der Waals surface area contributed by atoms with Crippen LogP contribution in [0.15, 0.2) is 54.6 Å². The van der Waals surface area contributed by atoms with Gasteiger partial charge in [0, 0.05) is 13.1 Å². The van der Waals surface area contributed by atoms with Crippen LogP contribution in [0.25, 0.3) is 0 Å². The summed E-state index contributed by atoms with van der Waals surface area (Å²) in [5, 5.41) is 0. The first-order chi connectivity index (χ1) is 11.8. The number of rotatable bonds is 8. The van der Waals surface area contributed by atoms with Crippen LogP contribution >= 0.6 is 0 Å². The summed E-state index contributed by atoms with van der Waals surface area (Å²) in [4.78, 5) is 2.42. The summed E-state index contributed by atoms with van der Waals surface area (Å²) in [6.45, 7) is 3.01. The first-order valence-corrected chi connectivity index (χ1v) is 9.23. The quantitative estimate of drug-likeness (QED) is 0.680. The summed E-state index contributed by atoms with van der Waals surface area (Å²) in [5.74, 6) is 0.736. The van der Waals surface area contributed by atoms with Gasteiger partial charge in [0.1, 0.15) is 0 Å². The lowest BCUT2D eigenvalue weighted by atomic mass is 9.96. The second-order valence-electron chi connectivity index (χ2n) is 7.00. The normalized spacial score (nSPS) is 18.1. The van der Waals surface area contributed by atoms with Crippen LogP contribution in [0.1, 0.15) is 29.5 Å². The molecular formula is C22H28FN. The molecule has 0 unspecified atom stereocenters. The van der Waals surface area contributed by atoms with Crippen LogP contribution in [-0.2, 0) is 19.3 Å². The van der Waals surface area contributed by atoms with E-state index >= 15 is 0 Å². The molecule has 0 saturated carbocycles. The molecule has 2 heteroatoms. The molecule has 1 aliphatic rings. The molecule has 1 aliphatic heterocycles. The third-order valence-electron chi connectivity index (χ3n) is 5.07. The van der Waals surface area contributed by atoms with Crippen LogP contribution in [-0.4, -0.2) is 31.2 Å². The summed E-state index contributed by atoms with van der Waals surface area (Å²) in [6.07, 6.45) is 5.30. The molecule has 0 aliphatic carbocycles. The van der Waals surface area contributed by atoms with E-state index in [-0.39, 0.29) is 6.67 Å². The molecule has 1 saturated heterocycles. The minimum absolute atomic E-state index is 0.189. The second-order valence-corrected chi connectivity index (χ2v) is 7.00. The third-order valence-corrected chi connectivity index (χ3v) is 5.07. The highest BCUT2D eigenvalue weighted by Crippen LogP contribution is 2.21. The zero-order chi connectivity index (χ0) is 16.6. The minimum atomic E-state index is -0.189. The molecule has 1 heterocycles. The Morgan fingerprint density at radius 1 is 0.875 bits per heavy atom. The average molecular weight is 325 g/mol. The highest BCUT2D eigenvalue weighted by Gasteiger charge is 2.21. The zero-order valence-electron chi connectivity index (χ0n) is 14.5. The maximum atomic E-state index is 12.3. The molecule has 1 atom stereocenters. The Kier molecular flexibility index (Phi) is 6.42. The van der Waals surface area contributed by atoms with Crippen molar-refractivity contribution >= 4 is 0 Å². The van der Waals surface area contributed by atoms with E-state index in [1.807, 2.05) is 0 Å². The van der Waals surface area contributed by atoms with Gasteiger partial charge in [0.2, 0.25) is 0 Å². The Bertz CT molecular complexity index is 593. The van der Waals surface area contributed by atoms with E-state index in [4.69, 9.17) is 0 Å². The lowest BCUT2D eigenvalue weighted by Gasteiger charge is -2.15. The van der Waals surface area contributed by atoms with Crippen molar-refractivity contribution in [1.82, 2.24) is 4.90 Å². The molecule has 2 aromatic rings. The van der Waals surface area contributed by atoms with Gasteiger partial charge >= 0.3 is 0 Å². The molecule has 0 N–H and O–H groups in total. The number of hydrogen-bond acceptors (Lipinski definition) is 1. The molecule has 1 nitrogen and oxygen atoms in total. The van der Waals surface area contributed by atoms with Crippen molar-refractivity contribution < 1.29 is 4.39 Å². The monoisotopic (exact) mass is 325 g/mol. The lowest BCUT2D eigenvalue weighted by Crippen LogP contribution is -2.22. The van der Waals surface area contributed by atoms with Crippen LogP contribution in [0.2, 0.25) is 0 Å². The molecule has 2 aromatic carbocycles. The standard InChI is InChI=1S/C22H28FN/c23-14-4-15-24-16-13-22(18-24)17-21-11-9-20(10-12-21)8-7-19-5-2-1-3-6-19/h1-3,5-6,9-12,22H,4,7-8,13-18H2/t22-/m1/s1. The van der Waals surface area contributed by atoms with Gasteiger partial charge in [-0.3, -0.25) is 4.39 Å². The van der Waals surface area contributed by atoms with E-state index in [1.54, 1.807) is 0 Å². The van der Waals surface area contributed by atoms with Gasteiger partial charge in [-0.15, -0.1) is 0 Å². The lowest BCUT2D eigenvalue weighted by molar-refractivity contribution is 0.301. The first-order valence-electron chi connectivity index (χ1n) is 9.23. The summed E-state index contributed by atoms with van der Waals surface area (Å²) in [6, 6.07) is 19.8. The smallest absolute Gasteiger partial charge is 0.0906 e. The Balaban J connectivity index is 1.45. The Hall–Kier alpha value is -1.67. The summed E-state index contributed by atoms with van der Waals surface area (Å²) < 4.78 is 12.3. The Morgan fingerprint density at radius 3 is 2.25 bits per heavy atom. The van der Waals surface area contributed by atoms with Gasteiger partial charge < -0.3 is 4.90 Å². The van der Waals surface area contributed by atoms with Crippen LogP contribution in [0.4, 0.5) is 4.39 Å². The van der Waals surface area contributed by atoms with Crippen molar-refractivity contribution in [3.8, 4) is 0 Å². The van der Waals surface area contributed by atoms with Crippen LogP contribution in [0, 0.1) is 5.92 Å². The Labute approximate surface area is 145 Å². The van der Waals surface area contributed by atoms with Gasteiger partial charge in [-0.2, -0.15) is 0 Å². The third kappa shape index (κ3) is 5.17. The van der Waals surface area contributed by atoms with Crippen molar-refractivity contribution in [3.05, 3.63) is 71.3 Å². The van der Waals surface area contributed by atoms with E-state index in [0.29, 0.717) is 6.42 Å². The molecular weight excluding hydrogens is 297 g/mol. The molecule has 0 aromatic heterocycles. The molecule has 24 heavy (non-hydrogen) atoms. The van der Waals surface area contributed by atoms with E-state index in [9.17, 15) is 4.39 Å². The maximum Gasteiger partial charge on any atom is 0.0906 e. The number of likely N-dealkylation sites (tertiary alicyclic amines) is 1. The maximum absolute atomic E-state index is 12.3. The fourth-order valence-electron chi connectivity index (χ4n) is 3.67. The van der Waals surface area contributed by atoms with Gasteiger partial charge in [0.05, 0.1) is 6.67 Å². The fraction of sp³-hybridized carbons (Fsp3) is 0.455. The van der Waals surface area contributed by atoms with Crippen LogP contribution < -0.4 is 0 Å². The predicted molar refractivity (Wildman–Crippen MR) is 99.1 cm³/mol. The van der Waals surface area contributed by atoms with E-state index in [1.165, 1.54) is 23.1 Å². The van der Waals surface area contributed by atoms with Crippen LogP contribution in [0.3, 0.4) is 0 Å². The fourth-order valence-corrected chi connectivity index (χ4v) is 3.67. The van der Waals surface area contributed by atoms with Crippen molar-refractivity contribution in [3.63, 3.8) is 0 Å². The van der Waals surface area contributed by atoms with E-state index in [2.05, 4.69) is 59.5 Å². The highest BCUT2D eigenvalue weighted by molar-refractivity contribution is 5.25. The molecule has 3 rings (SSSR count). The first kappa shape index (κ1) is 17.2. The summed E-state index contributed by atoms with van der Waals surface area (Å²) in [7, 11) is 0. The second kappa shape index (κ2) is 8.98. The largest absolute Gasteiger partial charge is 0.303 e. The molecule has 0 bridgehead atoms. The van der Waals surface area contributed by atoms with E-state index in [0.717, 1.165) is 44.8 Å². The predicted octanol–water partition coefficient (Wildman–Crippen LogP) is 4.70. The summed E-state index contributed by atoms with van der Waals surface area (Å²) in [5.41, 5.74) is 4.26. The van der Waals surface area contributed by atoms with Gasteiger partial charge in [-0.05, 0) is 61.3 Å². The minimum Gasteiger partial charge on any atom is -0.303 e. The molecule has 0 radical (unpaired) electrons. The Morgan fingerprint density at radius 2 is 1.54 bits per heavy atom. The van der Waals surface area contributed by atoms with Crippen molar-refractivity contribution in [1.29, 1.82) is 0 Å². The highest BCUT2D eigenvalue weighted by atomic mass is 19.1. The van der Waals surface area contributed by atoms with Gasteiger partial charge in [0.15, 0.2) is 0 Å². The molecule has 0 spiro atoms. The van der Waals surface area contributed by atoms with Crippen molar-refractivity contribution in [2.45, 2.75) is 32.1 Å². The van der Waals surface area contributed by atoms with Gasteiger partial charge in [-0.25, -0.2) is 0 Å².